The summed E-state index contributed by atoms with van der Waals surface area (Å²) in [5, 5.41) is 0. The second-order valence-electron chi connectivity index (χ2n) is 11.2. The highest BCUT2D eigenvalue weighted by Crippen LogP contribution is 2.37. The summed E-state index contributed by atoms with van der Waals surface area (Å²) in [5.41, 5.74) is 0.853. The highest BCUT2D eigenvalue weighted by atomic mass is 16.6. The van der Waals surface area contributed by atoms with Crippen LogP contribution in [0.1, 0.15) is 65.0 Å². The molecular weight excluding hydrogens is 416 g/mol. The maximum Gasteiger partial charge on any atom is 0.410 e. The molecule has 1 aromatic carbocycles. The molecule has 182 valence electrons. The fourth-order valence-electron chi connectivity index (χ4n) is 5.61. The summed E-state index contributed by atoms with van der Waals surface area (Å²) >= 11 is 0. The van der Waals surface area contributed by atoms with Gasteiger partial charge in [-0.15, -0.1) is 0 Å². The van der Waals surface area contributed by atoms with Crippen LogP contribution in [0, 0.1) is 0 Å². The molecule has 4 rings (SSSR count). The van der Waals surface area contributed by atoms with E-state index in [1.165, 1.54) is 5.56 Å². The van der Waals surface area contributed by atoms with Gasteiger partial charge in [0.25, 0.3) is 0 Å². The van der Waals surface area contributed by atoms with Crippen LogP contribution in [0.25, 0.3) is 0 Å². The summed E-state index contributed by atoms with van der Waals surface area (Å²) < 4.78 is 5.56. The minimum absolute atomic E-state index is 0.0914. The molecule has 0 aromatic heterocycles. The molecule has 3 amide bonds. The summed E-state index contributed by atoms with van der Waals surface area (Å²) in [6.07, 6.45) is 3.69. The van der Waals surface area contributed by atoms with E-state index in [0.717, 1.165) is 58.4 Å². The molecule has 1 atom stereocenters. The van der Waals surface area contributed by atoms with Gasteiger partial charge in [-0.05, 0) is 58.9 Å². The zero-order valence-electron chi connectivity index (χ0n) is 20.9. The van der Waals surface area contributed by atoms with E-state index in [0.29, 0.717) is 0 Å². The molecule has 7 heteroatoms. The SMILES string of the molecule is CN1C[C@@H](c2ccccc2)N(C2CCN(C3(C)CCN(C(=O)OC(C)(C)C)CC3)CC2)C1=O. The zero-order chi connectivity index (χ0) is 23.8. The first kappa shape index (κ1) is 23.9. The molecule has 7 nitrogen and oxygen atoms in total. The number of urea groups is 1. The van der Waals surface area contributed by atoms with Crippen molar-refractivity contribution in [3.8, 4) is 0 Å². The quantitative estimate of drug-likeness (QED) is 0.679. The molecule has 33 heavy (non-hydrogen) atoms. The Balaban J connectivity index is 1.35. The minimum Gasteiger partial charge on any atom is -0.444 e. The second kappa shape index (κ2) is 9.16. The Bertz CT molecular complexity index is 837. The predicted octanol–water partition coefficient (Wildman–Crippen LogP) is 4.35. The molecule has 0 N–H and O–H groups in total. The molecule has 0 radical (unpaired) electrons. The third-order valence-electron chi connectivity index (χ3n) is 7.63. The molecule has 3 heterocycles. The van der Waals surface area contributed by atoms with Crippen molar-refractivity contribution in [3.05, 3.63) is 35.9 Å². The first-order valence-corrected chi connectivity index (χ1v) is 12.4. The van der Waals surface area contributed by atoms with E-state index >= 15 is 0 Å². The average molecular weight is 457 g/mol. The van der Waals surface area contributed by atoms with Gasteiger partial charge in [0.15, 0.2) is 0 Å². The van der Waals surface area contributed by atoms with E-state index in [2.05, 4.69) is 41.0 Å². The van der Waals surface area contributed by atoms with E-state index in [1.807, 2.05) is 43.7 Å². The molecule has 0 spiro atoms. The number of piperidine rings is 2. The molecule has 3 saturated heterocycles. The fourth-order valence-corrected chi connectivity index (χ4v) is 5.61. The highest BCUT2D eigenvalue weighted by Gasteiger charge is 2.44. The Hall–Kier alpha value is -2.28. The monoisotopic (exact) mass is 456 g/mol. The zero-order valence-corrected chi connectivity index (χ0v) is 20.9. The van der Waals surface area contributed by atoms with Crippen LogP contribution in [0.4, 0.5) is 9.59 Å². The van der Waals surface area contributed by atoms with Crippen molar-refractivity contribution in [1.82, 2.24) is 19.6 Å². The number of carbonyl (C=O) groups excluding carboxylic acids is 2. The van der Waals surface area contributed by atoms with Gasteiger partial charge in [-0.25, -0.2) is 9.59 Å². The second-order valence-corrected chi connectivity index (χ2v) is 11.2. The molecule has 3 aliphatic heterocycles. The maximum atomic E-state index is 13.0. The summed E-state index contributed by atoms with van der Waals surface area (Å²) in [7, 11) is 1.91. The van der Waals surface area contributed by atoms with Crippen molar-refractivity contribution >= 4 is 12.1 Å². The van der Waals surface area contributed by atoms with E-state index < -0.39 is 5.60 Å². The van der Waals surface area contributed by atoms with Crippen molar-refractivity contribution in [1.29, 1.82) is 0 Å². The van der Waals surface area contributed by atoms with Gasteiger partial charge in [0.2, 0.25) is 0 Å². The Kier molecular flexibility index (Phi) is 6.63. The minimum atomic E-state index is -0.460. The lowest BCUT2D eigenvalue weighted by Crippen LogP contribution is -2.58. The van der Waals surface area contributed by atoms with Gasteiger partial charge in [-0.1, -0.05) is 30.3 Å². The molecule has 0 aliphatic carbocycles. The van der Waals surface area contributed by atoms with Crippen LogP contribution in [0.3, 0.4) is 0 Å². The van der Waals surface area contributed by atoms with Crippen LogP contribution in [0.2, 0.25) is 0 Å². The number of rotatable bonds is 3. The Morgan fingerprint density at radius 3 is 2.21 bits per heavy atom. The lowest BCUT2D eigenvalue weighted by Gasteiger charge is -2.50. The van der Waals surface area contributed by atoms with E-state index in [4.69, 9.17) is 4.74 Å². The Labute approximate surface area is 198 Å². The molecule has 0 unspecified atom stereocenters. The third-order valence-corrected chi connectivity index (χ3v) is 7.63. The van der Waals surface area contributed by atoms with Crippen molar-refractivity contribution in [3.63, 3.8) is 0 Å². The number of amides is 3. The number of likely N-dealkylation sites (tertiary alicyclic amines) is 2. The fraction of sp³-hybridized carbons (Fsp3) is 0.692. The lowest BCUT2D eigenvalue weighted by molar-refractivity contribution is -0.0135. The topological polar surface area (TPSA) is 56.3 Å². The first-order valence-electron chi connectivity index (χ1n) is 12.4. The van der Waals surface area contributed by atoms with Gasteiger partial charge in [0, 0.05) is 51.4 Å². The summed E-state index contributed by atoms with van der Waals surface area (Å²) in [6.45, 7) is 12.3. The van der Waals surface area contributed by atoms with Gasteiger partial charge < -0.3 is 19.4 Å². The number of benzene rings is 1. The van der Waals surface area contributed by atoms with E-state index in [-0.39, 0.29) is 29.7 Å². The Morgan fingerprint density at radius 2 is 1.64 bits per heavy atom. The first-order chi connectivity index (χ1) is 15.6. The van der Waals surface area contributed by atoms with Crippen LogP contribution < -0.4 is 0 Å². The number of hydrogen-bond acceptors (Lipinski definition) is 4. The number of nitrogens with zero attached hydrogens (tertiary/aromatic N) is 4. The van der Waals surface area contributed by atoms with Crippen molar-refractivity contribution in [2.75, 3.05) is 39.8 Å². The summed E-state index contributed by atoms with van der Waals surface area (Å²) in [4.78, 5) is 33.9. The standard InChI is InChI=1S/C26H40N4O3/c1-25(2,3)33-24(32)28-17-13-26(4,14-18-28)29-15-11-21(12-16-29)30-22(19-27(5)23(30)31)20-9-7-6-8-10-20/h6-10,21-22H,11-19H2,1-5H3/t22-/m0/s1. The van der Waals surface area contributed by atoms with Crippen LogP contribution in [0.5, 0.6) is 0 Å². The molecule has 3 aliphatic rings. The molecule has 0 bridgehead atoms. The van der Waals surface area contributed by atoms with Crippen LogP contribution in [-0.4, -0.2) is 88.7 Å². The Morgan fingerprint density at radius 1 is 1.03 bits per heavy atom. The lowest BCUT2D eigenvalue weighted by atomic mass is 9.85. The van der Waals surface area contributed by atoms with Gasteiger partial charge in [0.1, 0.15) is 5.60 Å². The third kappa shape index (κ3) is 5.13. The van der Waals surface area contributed by atoms with E-state index in [1.54, 1.807) is 0 Å². The molecule has 3 fully saturated rings. The summed E-state index contributed by atoms with van der Waals surface area (Å²) in [5.74, 6) is 0. The van der Waals surface area contributed by atoms with Crippen LogP contribution >= 0.6 is 0 Å². The molecule has 0 saturated carbocycles. The molecule has 1 aromatic rings. The number of ether oxygens (including phenoxy) is 1. The van der Waals surface area contributed by atoms with Crippen LogP contribution in [0.15, 0.2) is 30.3 Å². The van der Waals surface area contributed by atoms with Crippen LogP contribution in [-0.2, 0) is 4.74 Å². The summed E-state index contributed by atoms with van der Waals surface area (Å²) in [6, 6.07) is 11.0. The van der Waals surface area contributed by atoms with Crippen molar-refractivity contribution in [2.45, 2.75) is 76.6 Å². The van der Waals surface area contributed by atoms with Gasteiger partial charge in [-0.2, -0.15) is 0 Å². The van der Waals surface area contributed by atoms with E-state index in [9.17, 15) is 9.59 Å². The number of likely N-dealkylation sites (N-methyl/N-ethyl adjacent to an activating group) is 1. The van der Waals surface area contributed by atoms with Gasteiger partial charge in [-0.3, -0.25) is 4.90 Å². The predicted molar refractivity (Wildman–Crippen MR) is 129 cm³/mol. The maximum absolute atomic E-state index is 13.0. The molecular formula is C26H40N4O3. The average Bonchev–Trinajstić information content (AvgIpc) is 3.08. The van der Waals surface area contributed by atoms with Gasteiger partial charge >= 0.3 is 12.1 Å². The van der Waals surface area contributed by atoms with Gasteiger partial charge in [0.05, 0.1) is 6.04 Å². The highest BCUT2D eigenvalue weighted by molar-refractivity contribution is 5.77. The van der Waals surface area contributed by atoms with Crippen molar-refractivity contribution < 1.29 is 14.3 Å². The van der Waals surface area contributed by atoms with Crippen molar-refractivity contribution in [2.24, 2.45) is 0 Å². The number of hydrogen-bond donors (Lipinski definition) is 0. The largest absolute Gasteiger partial charge is 0.444 e. The number of carbonyl (C=O) groups is 2. The normalized spacial score (nSPS) is 24.9. The smallest absolute Gasteiger partial charge is 0.410 e.